The molecule has 4 rings (SSSR count). The summed E-state index contributed by atoms with van der Waals surface area (Å²) >= 11 is 0. The van der Waals surface area contributed by atoms with Crippen LogP contribution in [0.5, 0.6) is 0 Å². The number of fused-ring (bicyclic) bond motifs is 2. The molecule has 1 unspecified atom stereocenters. The van der Waals surface area contributed by atoms with Crippen LogP contribution in [-0.4, -0.2) is 53.8 Å². The van der Waals surface area contributed by atoms with Crippen molar-refractivity contribution in [1.29, 1.82) is 0 Å². The maximum absolute atomic E-state index is 13.0. The van der Waals surface area contributed by atoms with Gasteiger partial charge in [0.1, 0.15) is 17.0 Å². The third-order valence-corrected chi connectivity index (χ3v) is 7.04. The zero-order valence-electron chi connectivity index (χ0n) is 26.5. The summed E-state index contributed by atoms with van der Waals surface area (Å²) in [6, 6.07) is 21.6. The molecule has 228 valence electrons. The van der Waals surface area contributed by atoms with E-state index in [1.165, 1.54) is 33.5 Å². The van der Waals surface area contributed by atoms with Crippen molar-refractivity contribution in [2.45, 2.75) is 65.2 Å². The fraction of sp³-hybridized carbons (Fsp3) is 0.371. The van der Waals surface area contributed by atoms with Gasteiger partial charge < -0.3 is 25.4 Å². The van der Waals surface area contributed by atoms with E-state index in [2.05, 4.69) is 77.9 Å². The Hall–Kier alpha value is -4.30. The Kier molecular flexibility index (Phi) is 9.21. The second-order valence-corrected chi connectivity index (χ2v) is 13.0. The van der Waals surface area contributed by atoms with Crippen LogP contribution in [0.15, 0.2) is 78.6 Å². The lowest BCUT2D eigenvalue weighted by Crippen LogP contribution is -2.44. The second kappa shape index (κ2) is 12.5. The smallest absolute Gasteiger partial charge is 0.425 e. The third-order valence-electron chi connectivity index (χ3n) is 7.04. The van der Waals surface area contributed by atoms with Gasteiger partial charge in [-0.25, -0.2) is 9.59 Å². The highest BCUT2D eigenvalue weighted by Gasteiger charge is 2.33. The zero-order chi connectivity index (χ0) is 31.5. The molecule has 8 heteroatoms. The first-order valence-electron chi connectivity index (χ1n) is 14.6. The van der Waals surface area contributed by atoms with E-state index in [0.29, 0.717) is 0 Å². The van der Waals surface area contributed by atoms with Crippen LogP contribution in [0.1, 0.15) is 69.7 Å². The van der Waals surface area contributed by atoms with Gasteiger partial charge in [-0.15, -0.1) is 0 Å². The van der Waals surface area contributed by atoms with Gasteiger partial charge >= 0.3 is 12.2 Å². The Morgan fingerprint density at radius 2 is 1.53 bits per heavy atom. The van der Waals surface area contributed by atoms with E-state index < -0.39 is 23.4 Å². The number of amides is 2. The molecule has 0 saturated carbocycles. The van der Waals surface area contributed by atoms with Gasteiger partial charge in [0.05, 0.1) is 0 Å². The molecular formula is C35H44N4O4. The third kappa shape index (κ3) is 7.96. The van der Waals surface area contributed by atoms with Gasteiger partial charge in [0, 0.05) is 31.8 Å². The minimum Gasteiger partial charge on any atom is -0.443 e. The second-order valence-electron chi connectivity index (χ2n) is 13.0. The average molecular weight is 585 g/mol. The van der Waals surface area contributed by atoms with Crippen LogP contribution in [0.25, 0.3) is 16.5 Å². The Bertz CT molecular complexity index is 1530. The molecule has 3 N–H and O–H groups in total. The summed E-state index contributed by atoms with van der Waals surface area (Å²) in [4.78, 5) is 29.0. The Morgan fingerprint density at radius 3 is 2.14 bits per heavy atom. The van der Waals surface area contributed by atoms with Crippen molar-refractivity contribution in [2.75, 3.05) is 20.6 Å². The molecule has 0 saturated heterocycles. The molecule has 0 radical (unpaired) electrons. The summed E-state index contributed by atoms with van der Waals surface area (Å²) < 4.78 is 10.9. The summed E-state index contributed by atoms with van der Waals surface area (Å²) in [7, 11) is 3.96. The van der Waals surface area contributed by atoms with Crippen LogP contribution in [0, 0.1) is 0 Å². The molecule has 0 bridgehead atoms. The number of nitrogens with zero attached hydrogens (tertiary/aromatic N) is 2. The van der Waals surface area contributed by atoms with Gasteiger partial charge in [0.15, 0.2) is 0 Å². The van der Waals surface area contributed by atoms with Crippen LogP contribution in [-0.2, 0) is 16.0 Å². The number of likely N-dealkylation sites (N-methyl/N-ethyl adjacent to an activating group) is 1. The van der Waals surface area contributed by atoms with Crippen LogP contribution in [0.4, 0.5) is 9.59 Å². The predicted molar refractivity (Wildman–Crippen MR) is 172 cm³/mol. The molecule has 1 heterocycles. The maximum atomic E-state index is 13.0. The minimum absolute atomic E-state index is 0.120. The summed E-state index contributed by atoms with van der Waals surface area (Å²) in [6.45, 7) is 12.1. The van der Waals surface area contributed by atoms with Crippen LogP contribution >= 0.6 is 0 Å². The molecule has 2 amide bonds. The summed E-state index contributed by atoms with van der Waals surface area (Å²) in [6.07, 6.45) is 1.42. The SMILES string of the molecule is CN/C(=C\C=C(/N)N(C(=O)OC(C)(C)C)C(=O)OC(C)(C)C)c1ccc2c(c1)CN(C)CC2c1ccc2ccccc2c1. The number of ether oxygens (including phenoxy) is 2. The lowest BCUT2D eigenvalue weighted by Gasteiger charge is -2.33. The summed E-state index contributed by atoms with van der Waals surface area (Å²) in [5.41, 5.74) is 10.2. The Morgan fingerprint density at radius 1 is 0.907 bits per heavy atom. The normalized spacial score (nSPS) is 16.4. The highest BCUT2D eigenvalue weighted by Crippen LogP contribution is 2.35. The summed E-state index contributed by atoms with van der Waals surface area (Å²) in [5.74, 6) is 0.131. The van der Waals surface area contributed by atoms with E-state index in [-0.39, 0.29) is 11.7 Å². The van der Waals surface area contributed by atoms with Gasteiger partial charge in [0.2, 0.25) is 0 Å². The van der Waals surface area contributed by atoms with Crippen molar-refractivity contribution in [2.24, 2.45) is 5.73 Å². The van der Waals surface area contributed by atoms with Crippen LogP contribution in [0.2, 0.25) is 0 Å². The first-order valence-corrected chi connectivity index (χ1v) is 14.6. The van der Waals surface area contributed by atoms with Crippen molar-refractivity contribution < 1.29 is 19.1 Å². The molecule has 3 aromatic rings. The highest BCUT2D eigenvalue weighted by molar-refractivity contribution is 5.90. The quantitative estimate of drug-likeness (QED) is 0.313. The molecule has 1 aliphatic rings. The van der Waals surface area contributed by atoms with E-state index in [0.717, 1.165) is 29.2 Å². The molecule has 43 heavy (non-hydrogen) atoms. The average Bonchev–Trinajstić information content (AvgIpc) is 2.90. The fourth-order valence-corrected chi connectivity index (χ4v) is 5.19. The van der Waals surface area contributed by atoms with Crippen molar-refractivity contribution >= 4 is 28.7 Å². The monoisotopic (exact) mass is 584 g/mol. The van der Waals surface area contributed by atoms with Crippen molar-refractivity contribution in [3.8, 4) is 0 Å². The van der Waals surface area contributed by atoms with E-state index in [1.807, 2.05) is 7.05 Å². The van der Waals surface area contributed by atoms with E-state index >= 15 is 0 Å². The number of rotatable bonds is 5. The van der Waals surface area contributed by atoms with Gasteiger partial charge in [-0.1, -0.05) is 54.6 Å². The van der Waals surface area contributed by atoms with Crippen LogP contribution < -0.4 is 11.1 Å². The lowest BCUT2D eigenvalue weighted by molar-refractivity contribution is 0.00806. The fourth-order valence-electron chi connectivity index (χ4n) is 5.19. The first kappa shape index (κ1) is 31.6. The minimum atomic E-state index is -0.911. The largest absolute Gasteiger partial charge is 0.443 e. The number of nitrogens with one attached hydrogen (secondary N) is 1. The molecule has 0 fully saturated rings. The maximum Gasteiger partial charge on any atom is 0.425 e. The molecule has 0 aromatic heterocycles. The van der Waals surface area contributed by atoms with E-state index in [1.54, 1.807) is 47.6 Å². The van der Waals surface area contributed by atoms with Crippen molar-refractivity contribution in [1.82, 2.24) is 15.1 Å². The first-order chi connectivity index (χ1) is 20.1. The zero-order valence-corrected chi connectivity index (χ0v) is 26.5. The number of imide groups is 1. The van der Waals surface area contributed by atoms with E-state index in [4.69, 9.17) is 15.2 Å². The standard InChI is InChI=1S/C35H44N4O4/c1-34(2,3)42-32(40)39(33(41)43-35(4,5)6)31(36)18-17-30(37-7)26-15-16-28-27(20-26)21-38(8)22-29(28)25-14-13-23-11-9-10-12-24(23)19-25/h9-20,29,37H,21-22,36H2,1-8H3/b30-17-,31-18+. The topological polar surface area (TPSA) is 97.1 Å². The molecule has 1 aliphatic heterocycles. The number of hydrogen-bond acceptors (Lipinski definition) is 7. The Labute approximate surface area is 255 Å². The van der Waals surface area contributed by atoms with Gasteiger partial charge in [-0.05, 0) is 99.8 Å². The van der Waals surface area contributed by atoms with Crippen LogP contribution in [0.3, 0.4) is 0 Å². The molecule has 0 spiro atoms. The van der Waals surface area contributed by atoms with Gasteiger partial charge in [-0.3, -0.25) is 0 Å². The summed E-state index contributed by atoms with van der Waals surface area (Å²) in [5, 5.41) is 5.70. The molecule has 8 nitrogen and oxygen atoms in total. The number of hydrogen-bond donors (Lipinski definition) is 2. The van der Waals surface area contributed by atoms with Crippen molar-refractivity contribution in [3.05, 3.63) is 101 Å². The highest BCUT2D eigenvalue weighted by atomic mass is 16.6. The number of carbonyl (C=O) groups is 2. The number of allylic oxidation sites excluding steroid dienone is 2. The molecule has 0 aliphatic carbocycles. The van der Waals surface area contributed by atoms with Gasteiger partial charge in [0.25, 0.3) is 0 Å². The van der Waals surface area contributed by atoms with Gasteiger partial charge in [-0.2, -0.15) is 4.90 Å². The number of benzene rings is 3. The predicted octanol–water partition coefficient (Wildman–Crippen LogP) is 6.95. The number of carbonyl (C=O) groups excluding carboxylic acids is 2. The number of nitrogens with two attached hydrogens (primary N) is 1. The Balaban J connectivity index is 1.66. The molecule has 3 aromatic carbocycles. The van der Waals surface area contributed by atoms with Crippen molar-refractivity contribution in [3.63, 3.8) is 0 Å². The lowest BCUT2D eigenvalue weighted by atomic mass is 9.83. The van der Waals surface area contributed by atoms with E-state index in [9.17, 15) is 9.59 Å². The molecule has 1 atom stereocenters. The molecular weight excluding hydrogens is 540 g/mol.